The van der Waals surface area contributed by atoms with Crippen LogP contribution < -0.4 is 0 Å². The van der Waals surface area contributed by atoms with Crippen LogP contribution in [0.15, 0.2) is 48.8 Å². The van der Waals surface area contributed by atoms with Gasteiger partial charge in [-0.2, -0.15) is 0 Å². The number of fused-ring (bicyclic) bond motifs is 1. The maximum atomic E-state index is 4.85. The van der Waals surface area contributed by atoms with Crippen LogP contribution in [0.2, 0.25) is 0 Å². The van der Waals surface area contributed by atoms with E-state index in [4.69, 9.17) is 4.74 Å². The van der Waals surface area contributed by atoms with Crippen molar-refractivity contribution in [3.05, 3.63) is 60.2 Å². The normalized spacial score (nSPS) is 10.1. The van der Waals surface area contributed by atoms with Gasteiger partial charge in [0.2, 0.25) is 0 Å². The minimum atomic E-state index is 0.778. The number of nitrogens with zero attached hydrogens (tertiary/aromatic N) is 3. The van der Waals surface area contributed by atoms with Crippen LogP contribution in [0.5, 0.6) is 0 Å². The number of ether oxygens (including phenoxy) is 1. The van der Waals surface area contributed by atoms with E-state index < -0.39 is 0 Å². The van der Waals surface area contributed by atoms with Crippen molar-refractivity contribution in [1.82, 2.24) is 14.5 Å². The SMILES string of the molecule is CCc1nc2cc(C)ccc2n1C.COCCC(C)C.c1ccncc1. The Bertz CT molecular complexity index is 709. The number of rotatable bonds is 4. The van der Waals surface area contributed by atoms with Crippen LogP contribution in [0.1, 0.15) is 38.6 Å². The molecular formula is C22H33N3O. The van der Waals surface area contributed by atoms with Crippen LogP contribution in [-0.2, 0) is 18.2 Å². The Morgan fingerprint density at radius 2 is 1.81 bits per heavy atom. The van der Waals surface area contributed by atoms with Crippen molar-refractivity contribution in [2.45, 2.75) is 40.5 Å². The van der Waals surface area contributed by atoms with E-state index >= 15 is 0 Å². The van der Waals surface area contributed by atoms with E-state index in [1.807, 2.05) is 18.2 Å². The van der Waals surface area contributed by atoms with Crippen molar-refractivity contribution in [2.75, 3.05) is 13.7 Å². The molecular weight excluding hydrogens is 322 g/mol. The van der Waals surface area contributed by atoms with Crippen LogP contribution in [0, 0.1) is 12.8 Å². The summed E-state index contributed by atoms with van der Waals surface area (Å²) in [6.45, 7) is 9.52. The van der Waals surface area contributed by atoms with Crippen LogP contribution in [-0.4, -0.2) is 28.3 Å². The number of hydrogen-bond acceptors (Lipinski definition) is 3. The summed E-state index contributed by atoms with van der Waals surface area (Å²) in [5, 5.41) is 0. The molecule has 0 atom stereocenters. The van der Waals surface area contributed by atoms with Gasteiger partial charge in [-0.25, -0.2) is 4.98 Å². The summed E-state index contributed by atoms with van der Waals surface area (Å²) in [6.07, 6.45) is 5.67. The highest BCUT2D eigenvalue weighted by atomic mass is 16.5. The summed E-state index contributed by atoms with van der Waals surface area (Å²) in [4.78, 5) is 8.34. The fourth-order valence-corrected chi connectivity index (χ4v) is 2.34. The minimum absolute atomic E-state index is 0.778. The zero-order valence-electron chi connectivity index (χ0n) is 17.1. The maximum Gasteiger partial charge on any atom is 0.109 e. The zero-order valence-corrected chi connectivity index (χ0v) is 17.1. The van der Waals surface area contributed by atoms with Crippen LogP contribution in [0.25, 0.3) is 11.0 Å². The summed E-state index contributed by atoms with van der Waals surface area (Å²) < 4.78 is 7.01. The van der Waals surface area contributed by atoms with Crippen LogP contribution >= 0.6 is 0 Å². The highest BCUT2D eigenvalue weighted by Crippen LogP contribution is 2.16. The Labute approximate surface area is 158 Å². The molecule has 4 heteroatoms. The van der Waals surface area contributed by atoms with Crippen LogP contribution in [0.3, 0.4) is 0 Å². The number of benzene rings is 1. The quantitative estimate of drug-likeness (QED) is 0.645. The van der Waals surface area contributed by atoms with Crippen molar-refractivity contribution in [3.63, 3.8) is 0 Å². The summed E-state index contributed by atoms with van der Waals surface area (Å²) in [5.41, 5.74) is 3.61. The molecule has 4 nitrogen and oxygen atoms in total. The molecule has 0 aliphatic rings. The molecule has 142 valence electrons. The average molecular weight is 356 g/mol. The van der Waals surface area contributed by atoms with Crippen molar-refractivity contribution in [1.29, 1.82) is 0 Å². The number of pyridine rings is 1. The largest absolute Gasteiger partial charge is 0.385 e. The lowest BCUT2D eigenvalue weighted by atomic mass is 10.1. The molecule has 26 heavy (non-hydrogen) atoms. The second-order valence-corrected chi connectivity index (χ2v) is 6.63. The molecule has 1 aromatic carbocycles. The van der Waals surface area contributed by atoms with Gasteiger partial charge in [0.25, 0.3) is 0 Å². The third-order valence-corrected chi connectivity index (χ3v) is 3.91. The lowest BCUT2D eigenvalue weighted by Crippen LogP contribution is -1.94. The number of imidazole rings is 1. The Morgan fingerprint density at radius 1 is 1.12 bits per heavy atom. The number of aromatic nitrogens is 3. The number of hydrogen-bond donors (Lipinski definition) is 0. The first-order chi connectivity index (χ1) is 12.5. The molecule has 0 unspecified atom stereocenters. The van der Waals surface area contributed by atoms with Gasteiger partial charge in [0.1, 0.15) is 5.82 Å². The van der Waals surface area contributed by atoms with Gasteiger partial charge in [-0.3, -0.25) is 4.98 Å². The molecule has 0 saturated carbocycles. The van der Waals surface area contributed by atoms with Gasteiger partial charge >= 0.3 is 0 Å². The predicted molar refractivity (Wildman–Crippen MR) is 110 cm³/mol. The van der Waals surface area contributed by atoms with E-state index in [0.717, 1.165) is 30.3 Å². The monoisotopic (exact) mass is 355 g/mol. The van der Waals surface area contributed by atoms with E-state index in [1.165, 1.54) is 17.5 Å². The Kier molecular flexibility index (Phi) is 10.3. The summed E-state index contributed by atoms with van der Waals surface area (Å²) in [5.74, 6) is 1.93. The molecule has 0 amide bonds. The first-order valence-electron chi connectivity index (χ1n) is 9.25. The standard InChI is InChI=1S/C11H14N2.C6H14O.C5H5N/c1-4-11-12-9-7-8(2)5-6-10(9)13(11)3;1-6(2)4-5-7-3;1-2-4-6-5-3-1/h5-7H,4H2,1-3H3;6H,4-5H2,1-3H3;1-5H. The average Bonchev–Trinajstić information content (AvgIpc) is 2.97. The van der Waals surface area contributed by atoms with E-state index in [9.17, 15) is 0 Å². The molecule has 0 bridgehead atoms. The molecule has 0 aliphatic carbocycles. The predicted octanol–water partition coefficient (Wildman–Crippen LogP) is 5.20. The van der Waals surface area contributed by atoms with Crippen molar-refractivity contribution < 1.29 is 4.74 Å². The highest BCUT2D eigenvalue weighted by Gasteiger charge is 2.04. The molecule has 0 radical (unpaired) electrons. The zero-order chi connectivity index (χ0) is 19.4. The molecule has 0 spiro atoms. The first kappa shape index (κ1) is 21.8. The molecule has 0 N–H and O–H groups in total. The van der Waals surface area contributed by atoms with E-state index in [-0.39, 0.29) is 0 Å². The fourth-order valence-electron chi connectivity index (χ4n) is 2.34. The Balaban J connectivity index is 0.000000220. The second-order valence-electron chi connectivity index (χ2n) is 6.63. The van der Waals surface area contributed by atoms with Crippen molar-refractivity contribution in [2.24, 2.45) is 13.0 Å². The molecule has 0 fully saturated rings. The van der Waals surface area contributed by atoms with Gasteiger partial charge in [0.05, 0.1) is 11.0 Å². The fraction of sp³-hybridized carbons (Fsp3) is 0.455. The molecule has 2 aromatic heterocycles. The first-order valence-corrected chi connectivity index (χ1v) is 9.25. The molecule has 0 saturated heterocycles. The third-order valence-electron chi connectivity index (χ3n) is 3.91. The Hall–Kier alpha value is -2.20. The van der Waals surface area contributed by atoms with Gasteiger partial charge in [-0.1, -0.05) is 32.9 Å². The Morgan fingerprint density at radius 3 is 2.23 bits per heavy atom. The number of aryl methyl sites for hydroxylation is 3. The molecule has 3 aromatic rings. The van der Waals surface area contributed by atoms with Crippen LogP contribution in [0.4, 0.5) is 0 Å². The summed E-state index contributed by atoms with van der Waals surface area (Å²) in [6, 6.07) is 12.1. The van der Waals surface area contributed by atoms with Gasteiger partial charge in [0.15, 0.2) is 0 Å². The lowest BCUT2D eigenvalue weighted by Gasteiger charge is -1.99. The lowest BCUT2D eigenvalue weighted by molar-refractivity contribution is 0.183. The van der Waals surface area contributed by atoms with E-state index in [0.29, 0.717) is 0 Å². The minimum Gasteiger partial charge on any atom is -0.385 e. The molecule has 3 rings (SSSR count). The third kappa shape index (κ3) is 7.79. The topological polar surface area (TPSA) is 39.9 Å². The van der Waals surface area contributed by atoms with Gasteiger partial charge < -0.3 is 9.30 Å². The molecule has 2 heterocycles. The number of methoxy groups -OCH3 is 1. The second kappa shape index (κ2) is 12.2. The maximum absolute atomic E-state index is 4.85. The van der Waals surface area contributed by atoms with E-state index in [2.05, 4.69) is 67.5 Å². The van der Waals surface area contributed by atoms with E-state index in [1.54, 1.807) is 19.5 Å². The molecule has 0 aliphatic heterocycles. The van der Waals surface area contributed by atoms with Gasteiger partial charge in [-0.05, 0) is 49.1 Å². The summed E-state index contributed by atoms with van der Waals surface area (Å²) in [7, 11) is 3.81. The van der Waals surface area contributed by atoms with Gasteiger partial charge in [-0.15, -0.1) is 0 Å². The van der Waals surface area contributed by atoms with Crippen molar-refractivity contribution in [3.8, 4) is 0 Å². The highest BCUT2D eigenvalue weighted by molar-refractivity contribution is 5.76. The van der Waals surface area contributed by atoms with Gasteiger partial charge in [0, 0.05) is 39.6 Å². The smallest absolute Gasteiger partial charge is 0.109 e. The van der Waals surface area contributed by atoms with Crippen molar-refractivity contribution >= 4 is 11.0 Å². The summed E-state index contributed by atoms with van der Waals surface area (Å²) >= 11 is 0.